The zero-order chi connectivity index (χ0) is 34.7. The highest BCUT2D eigenvalue weighted by atomic mass is 16.4. The van der Waals surface area contributed by atoms with Gasteiger partial charge in [-0.15, -0.1) is 0 Å². The lowest BCUT2D eigenvalue weighted by Gasteiger charge is -2.33. The van der Waals surface area contributed by atoms with Gasteiger partial charge in [-0.3, -0.25) is 33.9 Å². The minimum absolute atomic E-state index is 0.176. The van der Waals surface area contributed by atoms with E-state index in [4.69, 9.17) is 0 Å². The molecule has 1 aliphatic rings. The third-order valence-electron chi connectivity index (χ3n) is 9.24. The Morgan fingerprint density at radius 3 is 1.36 bits per heavy atom. The average molecular weight is 669 g/mol. The monoisotopic (exact) mass is 669 g/mol. The van der Waals surface area contributed by atoms with Gasteiger partial charge in [-0.25, -0.2) is 0 Å². The quantitative estimate of drug-likeness (QED) is 0.0803. The van der Waals surface area contributed by atoms with Crippen molar-refractivity contribution in [3.05, 3.63) is 0 Å². The molecule has 0 aromatic rings. The molecular formula is C36H68N4O7. The van der Waals surface area contributed by atoms with Crippen molar-refractivity contribution >= 4 is 23.8 Å². The van der Waals surface area contributed by atoms with E-state index in [2.05, 4.69) is 18.7 Å². The van der Waals surface area contributed by atoms with E-state index in [9.17, 15) is 34.5 Å². The van der Waals surface area contributed by atoms with Crippen LogP contribution in [0.1, 0.15) is 136 Å². The summed E-state index contributed by atoms with van der Waals surface area (Å²) < 4.78 is 0. The summed E-state index contributed by atoms with van der Waals surface area (Å²) in [6.45, 7) is 7.43. The number of aliphatic carboxylic acids is 3. The summed E-state index contributed by atoms with van der Waals surface area (Å²) in [6.07, 6.45) is 21.4. The maximum atomic E-state index is 13.4. The molecule has 0 saturated carbocycles. The summed E-state index contributed by atoms with van der Waals surface area (Å²) in [5.74, 6) is -2.75. The topological polar surface area (TPSA) is 142 Å². The van der Waals surface area contributed by atoms with E-state index < -0.39 is 17.9 Å². The van der Waals surface area contributed by atoms with Crippen LogP contribution in [0.3, 0.4) is 0 Å². The minimum atomic E-state index is -0.984. The van der Waals surface area contributed by atoms with Crippen LogP contribution in [0, 0.1) is 0 Å². The molecular weight excluding hydrogens is 600 g/mol. The third kappa shape index (κ3) is 22.9. The highest BCUT2D eigenvalue weighted by Gasteiger charge is 2.30. The van der Waals surface area contributed by atoms with Gasteiger partial charge in [-0.2, -0.15) is 0 Å². The molecule has 1 fully saturated rings. The predicted octanol–water partition coefficient (Wildman–Crippen LogP) is 5.81. The fraction of sp³-hybridized carbons (Fsp3) is 0.889. The first kappa shape index (κ1) is 42.8. The van der Waals surface area contributed by atoms with Crippen molar-refractivity contribution in [1.29, 1.82) is 0 Å². The SMILES string of the molecule is CCCCCCCCCCN(CCCCCCCCCC)C(=O)CCCCN(CC(=O)O)C1CN(CC(=O)O)CCN(CC(=O)O)C1. The van der Waals surface area contributed by atoms with Gasteiger partial charge < -0.3 is 20.2 Å². The Kier molecular flexibility index (Phi) is 25.2. The number of hydrogen-bond acceptors (Lipinski definition) is 7. The Morgan fingerprint density at radius 2 is 0.957 bits per heavy atom. The highest BCUT2D eigenvalue weighted by molar-refractivity contribution is 5.76. The standard InChI is InChI=1S/C36H68N4O7/c1-3-5-7-9-11-13-15-18-22-39(23-19-16-14-12-10-8-6-4-2)33(41)21-17-20-24-40(31-36(46)47)32-27-37(29-34(42)43)25-26-38(28-32)30-35(44)45/h32H,3-31H2,1-2H3,(H,42,43)(H,44,45)(H,46,47). The number of carboxylic acid groups (broad SMARTS) is 3. The third-order valence-corrected chi connectivity index (χ3v) is 9.24. The fourth-order valence-corrected chi connectivity index (χ4v) is 6.57. The lowest BCUT2D eigenvalue weighted by atomic mass is 10.1. The first-order valence-electron chi connectivity index (χ1n) is 18.8. The number of carbonyl (C=O) groups excluding carboxylic acids is 1. The molecule has 3 N–H and O–H groups in total. The van der Waals surface area contributed by atoms with Gasteiger partial charge in [-0.1, -0.05) is 104 Å². The second kappa shape index (κ2) is 27.7. The van der Waals surface area contributed by atoms with Crippen molar-refractivity contribution in [3.63, 3.8) is 0 Å². The Balaban J connectivity index is 2.69. The molecule has 47 heavy (non-hydrogen) atoms. The van der Waals surface area contributed by atoms with Gasteiger partial charge >= 0.3 is 17.9 Å². The predicted molar refractivity (Wildman–Crippen MR) is 187 cm³/mol. The Morgan fingerprint density at radius 1 is 0.553 bits per heavy atom. The van der Waals surface area contributed by atoms with Crippen molar-refractivity contribution < 1.29 is 34.5 Å². The van der Waals surface area contributed by atoms with E-state index in [1.165, 1.54) is 77.0 Å². The number of carboxylic acids is 3. The van der Waals surface area contributed by atoms with Gasteiger partial charge in [0, 0.05) is 51.7 Å². The van der Waals surface area contributed by atoms with E-state index in [1.54, 1.807) is 9.80 Å². The molecule has 0 bridgehead atoms. The van der Waals surface area contributed by atoms with Gasteiger partial charge in [0.25, 0.3) is 0 Å². The molecule has 1 saturated heterocycles. The van der Waals surface area contributed by atoms with Crippen LogP contribution in [0.15, 0.2) is 0 Å². The first-order chi connectivity index (χ1) is 22.7. The molecule has 1 heterocycles. The molecule has 1 amide bonds. The van der Waals surface area contributed by atoms with Gasteiger partial charge in [0.1, 0.15) is 0 Å². The van der Waals surface area contributed by atoms with Crippen LogP contribution in [0.2, 0.25) is 0 Å². The molecule has 0 unspecified atom stereocenters. The van der Waals surface area contributed by atoms with E-state index >= 15 is 0 Å². The minimum Gasteiger partial charge on any atom is -0.480 e. The zero-order valence-electron chi connectivity index (χ0n) is 29.8. The van der Waals surface area contributed by atoms with Crippen LogP contribution in [-0.2, 0) is 19.2 Å². The molecule has 11 heteroatoms. The maximum absolute atomic E-state index is 13.4. The molecule has 1 aliphatic heterocycles. The van der Waals surface area contributed by atoms with Gasteiger partial charge in [0.15, 0.2) is 0 Å². The van der Waals surface area contributed by atoms with Crippen molar-refractivity contribution in [2.24, 2.45) is 0 Å². The molecule has 0 aromatic carbocycles. The summed E-state index contributed by atoms with van der Waals surface area (Å²) in [7, 11) is 0. The fourth-order valence-electron chi connectivity index (χ4n) is 6.57. The number of hydrogen-bond donors (Lipinski definition) is 3. The van der Waals surface area contributed by atoms with E-state index in [-0.39, 0.29) is 31.6 Å². The van der Waals surface area contributed by atoms with Crippen LogP contribution in [0.5, 0.6) is 0 Å². The Bertz CT molecular complexity index is 813. The lowest BCUT2D eigenvalue weighted by Crippen LogP contribution is -2.50. The van der Waals surface area contributed by atoms with E-state index in [0.29, 0.717) is 52.0 Å². The number of rotatable bonds is 30. The second-order valence-corrected chi connectivity index (χ2v) is 13.6. The van der Waals surface area contributed by atoms with Gasteiger partial charge in [-0.05, 0) is 32.2 Å². The lowest BCUT2D eigenvalue weighted by molar-refractivity contribution is -0.141. The summed E-state index contributed by atoms with van der Waals surface area (Å²) in [5, 5.41) is 28.4. The normalized spacial score (nSPS) is 14.8. The van der Waals surface area contributed by atoms with Crippen LogP contribution in [0.4, 0.5) is 0 Å². The van der Waals surface area contributed by atoms with Gasteiger partial charge in [0.05, 0.1) is 19.6 Å². The molecule has 0 atom stereocenters. The molecule has 0 aliphatic carbocycles. The molecule has 0 spiro atoms. The second-order valence-electron chi connectivity index (χ2n) is 13.6. The summed E-state index contributed by atoms with van der Waals surface area (Å²) in [5.41, 5.74) is 0. The summed E-state index contributed by atoms with van der Waals surface area (Å²) >= 11 is 0. The largest absolute Gasteiger partial charge is 0.480 e. The molecule has 0 aromatic heterocycles. The molecule has 274 valence electrons. The number of amides is 1. The molecule has 0 radical (unpaired) electrons. The first-order valence-corrected chi connectivity index (χ1v) is 18.8. The van der Waals surface area contributed by atoms with Crippen LogP contribution in [0.25, 0.3) is 0 Å². The Labute approximate surface area is 285 Å². The number of nitrogens with zero attached hydrogens (tertiary/aromatic N) is 4. The van der Waals surface area contributed by atoms with Crippen LogP contribution < -0.4 is 0 Å². The number of carbonyl (C=O) groups is 4. The van der Waals surface area contributed by atoms with Crippen molar-refractivity contribution in [1.82, 2.24) is 19.6 Å². The van der Waals surface area contributed by atoms with Crippen LogP contribution >= 0.6 is 0 Å². The van der Waals surface area contributed by atoms with Crippen molar-refractivity contribution in [3.8, 4) is 0 Å². The zero-order valence-corrected chi connectivity index (χ0v) is 29.8. The Hall–Kier alpha value is -2.24. The van der Waals surface area contributed by atoms with Crippen molar-refractivity contribution in [2.75, 3.05) is 65.4 Å². The van der Waals surface area contributed by atoms with Gasteiger partial charge in [0.2, 0.25) is 5.91 Å². The van der Waals surface area contributed by atoms with Crippen LogP contribution in [-0.4, -0.2) is 130 Å². The number of unbranched alkanes of at least 4 members (excludes halogenated alkanes) is 15. The molecule has 11 nitrogen and oxygen atoms in total. The molecule has 1 rings (SSSR count). The summed E-state index contributed by atoms with van der Waals surface area (Å²) in [4.78, 5) is 55.4. The summed E-state index contributed by atoms with van der Waals surface area (Å²) in [6, 6.07) is -0.330. The highest BCUT2D eigenvalue weighted by Crippen LogP contribution is 2.15. The maximum Gasteiger partial charge on any atom is 0.317 e. The van der Waals surface area contributed by atoms with Crippen molar-refractivity contribution in [2.45, 2.75) is 142 Å². The van der Waals surface area contributed by atoms with E-state index in [1.807, 2.05) is 4.90 Å². The van der Waals surface area contributed by atoms with E-state index in [0.717, 1.165) is 38.8 Å². The average Bonchev–Trinajstić information content (AvgIpc) is 3.20. The smallest absolute Gasteiger partial charge is 0.317 e.